The van der Waals surface area contributed by atoms with Crippen LogP contribution in [0.1, 0.15) is 17.2 Å². The highest BCUT2D eigenvalue weighted by Gasteiger charge is 2.24. The topological polar surface area (TPSA) is 92.8 Å². The van der Waals surface area contributed by atoms with Crippen LogP contribution in [-0.4, -0.2) is 23.3 Å². The van der Waals surface area contributed by atoms with Crippen LogP contribution in [0.3, 0.4) is 0 Å². The predicted molar refractivity (Wildman–Crippen MR) is 59.0 cm³/mol. The highest BCUT2D eigenvalue weighted by molar-refractivity contribution is 6.33. The number of aliphatic carboxylic acids is 1. The molecule has 0 aliphatic carbocycles. The van der Waals surface area contributed by atoms with E-state index in [0.29, 0.717) is 5.56 Å². The molecular formula is C10H12ClNO4. The van der Waals surface area contributed by atoms with Gasteiger partial charge in [-0.3, -0.25) is 4.79 Å². The molecule has 0 saturated carbocycles. The normalized spacial score (nSPS) is 12.2. The number of halogens is 1. The third kappa shape index (κ3) is 2.05. The van der Waals surface area contributed by atoms with Crippen molar-refractivity contribution in [2.75, 3.05) is 7.11 Å². The Kier molecular flexibility index (Phi) is 3.62. The van der Waals surface area contributed by atoms with Crippen molar-refractivity contribution in [2.45, 2.75) is 13.0 Å². The standard InChI is InChI=1S/C10H12ClNO4/c1-4-3-5(13)9(16-2)7(11)6(4)8(12)10(14)15/h3,8,13H,12H2,1-2H3,(H,14,15). The van der Waals surface area contributed by atoms with Crippen LogP contribution < -0.4 is 10.5 Å². The molecule has 0 fully saturated rings. The van der Waals surface area contributed by atoms with E-state index >= 15 is 0 Å². The SMILES string of the molecule is COc1c(O)cc(C)c(C(N)C(=O)O)c1Cl. The number of carbonyl (C=O) groups is 1. The lowest BCUT2D eigenvalue weighted by Crippen LogP contribution is -2.22. The molecule has 0 heterocycles. The van der Waals surface area contributed by atoms with E-state index in [1.165, 1.54) is 13.2 Å². The number of rotatable bonds is 3. The Bertz CT molecular complexity index is 433. The number of aryl methyl sites for hydroxylation is 1. The summed E-state index contributed by atoms with van der Waals surface area (Å²) in [6.07, 6.45) is 0. The van der Waals surface area contributed by atoms with Crippen molar-refractivity contribution in [2.24, 2.45) is 5.73 Å². The zero-order valence-electron chi connectivity index (χ0n) is 8.82. The summed E-state index contributed by atoms with van der Waals surface area (Å²) < 4.78 is 4.87. The Balaban J connectivity index is 3.45. The van der Waals surface area contributed by atoms with Gasteiger partial charge in [0.25, 0.3) is 0 Å². The summed E-state index contributed by atoms with van der Waals surface area (Å²) in [4.78, 5) is 10.8. The van der Waals surface area contributed by atoms with Gasteiger partial charge in [-0.05, 0) is 18.6 Å². The number of hydrogen-bond donors (Lipinski definition) is 3. The maximum Gasteiger partial charge on any atom is 0.325 e. The van der Waals surface area contributed by atoms with Crippen LogP contribution in [0.4, 0.5) is 0 Å². The summed E-state index contributed by atoms with van der Waals surface area (Å²) in [5.41, 5.74) is 6.23. The first kappa shape index (κ1) is 12.6. The first-order valence-corrected chi connectivity index (χ1v) is 4.82. The Morgan fingerprint density at radius 1 is 1.62 bits per heavy atom. The van der Waals surface area contributed by atoms with Crippen LogP contribution in [0.25, 0.3) is 0 Å². The number of nitrogens with two attached hydrogens (primary N) is 1. The largest absolute Gasteiger partial charge is 0.504 e. The van der Waals surface area contributed by atoms with E-state index < -0.39 is 12.0 Å². The van der Waals surface area contributed by atoms with E-state index in [2.05, 4.69) is 0 Å². The summed E-state index contributed by atoms with van der Waals surface area (Å²) in [6.45, 7) is 1.61. The Morgan fingerprint density at radius 3 is 2.62 bits per heavy atom. The number of methoxy groups -OCH3 is 1. The fraction of sp³-hybridized carbons (Fsp3) is 0.300. The van der Waals surface area contributed by atoms with Crippen molar-refractivity contribution in [1.29, 1.82) is 0 Å². The lowest BCUT2D eigenvalue weighted by atomic mass is 10.0. The Morgan fingerprint density at radius 2 is 2.19 bits per heavy atom. The Labute approximate surface area is 97.4 Å². The molecule has 0 radical (unpaired) electrons. The molecule has 5 nitrogen and oxygen atoms in total. The van der Waals surface area contributed by atoms with Crippen molar-refractivity contribution >= 4 is 17.6 Å². The van der Waals surface area contributed by atoms with Crippen LogP contribution in [0, 0.1) is 6.92 Å². The van der Waals surface area contributed by atoms with Gasteiger partial charge in [-0.1, -0.05) is 11.6 Å². The van der Waals surface area contributed by atoms with Gasteiger partial charge in [0.2, 0.25) is 0 Å². The van der Waals surface area contributed by atoms with Gasteiger partial charge in [-0.25, -0.2) is 0 Å². The molecule has 4 N–H and O–H groups in total. The molecule has 0 saturated heterocycles. The highest BCUT2D eigenvalue weighted by atomic mass is 35.5. The number of carboxylic acids is 1. The molecule has 0 aliphatic heterocycles. The van der Waals surface area contributed by atoms with Crippen molar-refractivity contribution in [3.8, 4) is 11.5 Å². The third-order valence-corrected chi connectivity index (χ3v) is 2.60. The maximum atomic E-state index is 10.8. The van der Waals surface area contributed by atoms with Crippen molar-refractivity contribution in [3.05, 3.63) is 22.2 Å². The molecule has 1 unspecified atom stereocenters. The average Bonchev–Trinajstić information content (AvgIpc) is 2.17. The number of hydrogen-bond acceptors (Lipinski definition) is 4. The molecule has 1 atom stereocenters. The second-order valence-corrected chi connectivity index (χ2v) is 3.67. The summed E-state index contributed by atoms with van der Waals surface area (Å²) in [7, 11) is 1.33. The van der Waals surface area contributed by atoms with E-state index in [1.54, 1.807) is 6.92 Å². The molecule has 1 rings (SSSR count). The van der Waals surface area contributed by atoms with Crippen LogP contribution in [0.15, 0.2) is 6.07 Å². The average molecular weight is 246 g/mol. The molecule has 0 bridgehead atoms. The zero-order chi connectivity index (χ0) is 12.5. The van der Waals surface area contributed by atoms with Gasteiger partial charge < -0.3 is 20.7 Å². The minimum atomic E-state index is -1.25. The number of aromatic hydroxyl groups is 1. The van der Waals surface area contributed by atoms with E-state index in [0.717, 1.165) is 0 Å². The van der Waals surface area contributed by atoms with Gasteiger partial charge in [0.1, 0.15) is 6.04 Å². The smallest absolute Gasteiger partial charge is 0.325 e. The first-order valence-electron chi connectivity index (χ1n) is 4.44. The molecule has 6 heteroatoms. The monoisotopic (exact) mass is 245 g/mol. The predicted octanol–water partition coefficient (Wildman–Crippen LogP) is 1.45. The minimum absolute atomic E-state index is 0.0231. The fourth-order valence-corrected chi connectivity index (χ4v) is 1.90. The van der Waals surface area contributed by atoms with Crippen molar-refractivity contribution < 1.29 is 19.7 Å². The van der Waals surface area contributed by atoms with Gasteiger partial charge in [0, 0.05) is 5.56 Å². The highest BCUT2D eigenvalue weighted by Crippen LogP contribution is 2.40. The van der Waals surface area contributed by atoms with E-state index in [9.17, 15) is 9.90 Å². The molecule has 88 valence electrons. The molecule has 0 aliphatic rings. The Hall–Kier alpha value is -1.46. The molecular weight excluding hydrogens is 234 g/mol. The van der Waals surface area contributed by atoms with Crippen molar-refractivity contribution in [3.63, 3.8) is 0 Å². The van der Waals surface area contributed by atoms with E-state index in [1.807, 2.05) is 0 Å². The quantitative estimate of drug-likeness (QED) is 0.749. The molecule has 0 amide bonds. The maximum absolute atomic E-state index is 10.8. The fourth-order valence-electron chi connectivity index (χ4n) is 1.46. The van der Waals surface area contributed by atoms with Gasteiger partial charge in [0.05, 0.1) is 12.1 Å². The van der Waals surface area contributed by atoms with Gasteiger partial charge in [-0.2, -0.15) is 0 Å². The molecule has 16 heavy (non-hydrogen) atoms. The van der Waals surface area contributed by atoms with Crippen LogP contribution in [0.5, 0.6) is 11.5 Å². The molecule has 1 aromatic carbocycles. The van der Waals surface area contributed by atoms with Crippen LogP contribution in [-0.2, 0) is 4.79 Å². The van der Waals surface area contributed by atoms with E-state index in [4.69, 9.17) is 27.2 Å². The summed E-state index contributed by atoms with van der Waals surface area (Å²) in [5, 5.41) is 18.4. The first-order chi connectivity index (χ1) is 7.40. The number of ether oxygens (including phenoxy) is 1. The minimum Gasteiger partial charge on any atom is -0.504 e. The van der Waals surface area contributed by atoms with Gasteiger partial charge in [0.15, 0.2) is 11.5 Å². The lowest BCUT2D eigenvalue weighted by Gasteiger charge is -2.16. The summed E-state index contributed by atoms with van der Waals surface area (Å²) in [5.74, 6) is -1.32. The number of benzene rings is 1. The summed E-state index contributed by atoms with van der Waals surface area (Å²) >= 11 is 5.93. The van der Waals surface area contributed by atoms with Gasteiger partial charge >= 0.3 is 5.97 Å². The number of carboxylic acid groups (broad SMARTS) is 1. The van der Waals surface area contributed by atoms with Crippen LogP contribution >= 0.6 is 11.6 Å². The zero-order valence-corrected chi connectivity index (χ0v) is 9.58. The second-order valence-electron chi connectivity index (χ2n) is 3.29. The number of phenolic OH excluding ortho intramolecular Hbond substituents is 1. The van der Waals surface area contributed by atoms with Crippen LogP contribution in [0.2, 0.25) is 5.02 Å². The third-order valence-electron chi connectivity index (χ3n) is 2.23. The second kappa shape index (κ2) is 4.59. The molecule has 0 aromatic heterocycles. The lowest BCUT2D eigenvalue weighted by molar-refractivity contribution is -0.138. The van der Waals surface area contributed by atoms with Crippen molar-refractivity contribution in [1.82, 2.24) is 0 Å². The van der Waals surface area contributed by atoms with E-state index in [-0.39, 0.29) is 22.1 Å². The molecule has 1 aromatic rings. The molecule has 0 spiro atoms. The summed E-state index contributed by atoms with van der Waals surface area (Å²) in [6, 6.07) is 0.116. The number of phenols is 1. The van der Waals surface area contributed by atoms with Gasteiger partial charge in [-0.15, -0.1) is 0 Å².